The van der Waals surface area contributed by atoms with Gasteiger partial charge in [-0.05, 0) is 30.3 Å². The Morgan fingerprint density at radius 1 is 0.857 bits per heavy atom. The van der Waals surface area contributed by atoms with Gasteiger partial charge in [-0.25, -0.2) is 4.79 Å². The van der Waals surface area contributed by atoms with Crippen LogP contribution in [0.1, 0.15) is 31.8 Å². The summed E-state index contributed by atoms with van der Waals surface area (Å²) in [7, 11) is 0. The largest absolute Gasteiger partial charge is 0.481 e. The molecule has 0 fully saturated rings. The summed E-state index contributed by atoms with van der Waals surface area (Å²) in [6.45, 7) is -0.554. The highest BCUT2D eigenvalue weighted by molar-refractivity contribution is 9.10. The van der Waals surface area contributed by atoms with Crippen LogP contribution in [-0.4, -0.2) is 34.2 Å². The van der Waals surface area contributed by atoms with E-state index in [1.807, 2.05) is 0 Å². The number of aromatic nitrogens is 1. The van der Waals surface area contributed by atoms with Gasteiger partial charge in [0.1, 0.15) is 5.75 Å². The maximum atomic E-state index is 12.9. The zero-order chi connectivity index (χ0) is 20.1. The fourth-order valence-corrected chi connectivity index (χ4v) is 2.90. The molecule has 0 aliphatic rings. The minimum atomic E-state index is -1.14. The van der Waals surface area contributed by atoms with E-state index >= 15 is 0 Å². The van der Waals surface area contributed by atoms with E-state index in [2.05, 4.69) is 20.9 Å². The van der Waals surface area contributed by atoms with Crippen molar-refractivity contribution in [1.82, 2.24) is 4.98 Å². The van der Waals surface area contributed by atoms with Gasteiger partial charge >= 0.3 is 5.97 Å². The number of carboxylic acids is 1. The molecular formula is C21H14BrNO5. The molecule has 0 saturated heterocycles. The number of ketones is 2. The second kappa shape index (κ2) is 8.58. The molecule has 0 bridgehead atoms. The lowest BCUT2D eigenvalue weighted by Crippen LogP contribution is -2.12. The Morgan fingerprint density at radius 3 is 2.04 bits per heavy atom. The summed E-state index contributed by atoms with van der Waals surface area (Å²) in [4.78, 5) is 40.0. The van der Waals surface area contributed by atoms with Gasteiger partial charge in [0.2, 0.25) is 0 Å². The van der Waals surface area contributed by atoms with E-state index in [1.54, 1.807) is 48.5 Å². The van der Waals surface area contributed by atoms with E-state index in [9.17, 15) is 14.4 Å². The van der Waals surface area contributed by atoms with Crippen molar-refractivity contribution in [2.24, 2.45) is 0 Å². The molecule has 0 saturated carbocycles. The van der Waals surface area contributed by atoms with Crippen molar-refractivity contribution in [2.45, 2.75) is 0 Å². The molecule has 1 aromatic heterocycles. The number of carbonyl (C=O) groups is 3. The molecule has 0 atom stereocenters. The molecular weight excluding hydrogens is 426 g/mol. The van der Waals surface area contributed by atoms with E-state index in [-0.39, 0.29) is 22.9 Å². The molecule has 3 aromatic rings. The molecule has 1 heterocycles. The third-order valence-electron chi connectivity index (χ3n) is 3.89. The minimum Gasteiger partial charge on any atom is -0.481 e. The number of halogens is 1. The highest BCUT2D eigenvalue weighted by Crippen LogP contribution is 2.26. The zero-order valence-corrected chi connectivity index (χ0v) is 16.0. The van der Waals surface area contributed by atoms with Crippen molar-refractivity contribution in [1.29, 1.82) is 0 Å². The van der Waals surface area contributed by atoms with Crippen LogP contribution in [0.2, 0.25) is 0 Å². The summed E-state index contributed by atoms with van der Waals surface area (Å²) in [6, 6.07) is 14.3. The van der Waals surface area contributed by atoms with Crippen molar-refractivity contribution in [3.8, 4) is 5.75 Å². The maximum Gasteiger partial charge on any atom is 0.341 e. The lowest BCUT2D eigenvalue weighted by atomic mass is 9.98. The first-order valence-corrected chi connectivity index (χ1v) is 8.98. The van der Waals surface area contributed by atoms with E-state index in [4.69, 9.17) is 9.84 Å². The predicted octanol–water partition coefficient (Wildman–Crippen LogP) is 3.77. The fraction of sp³-hybridized carbons (Fsp3) is 0.0476. The summed E-state index contributed by atoms with van der Waals surface area (Å²) < 4.78 is 5.87. The molecule has 0 unspecified atom stereocenters. The number of carbonyl (C=O) groups excluding carboxylic acids is 2. The molecule has 6 nitrogen and oxygen atoms in total. The number of hydrogen-bond donors (Lipinski definition) is 1. The van der Waals surface area contributed by atoms with Crippen molar-refractivity contribution in [3.05, 3.63) is 93.7 Å². The van der Waals surface area contributed by atoms with Gasteiger partial charge in [-0.3, -0.25) is 14.6 Å². The van der Waals surface area contributed by atoms with Crippen LogP contribution < -0.4 is 4.74 Å². The van der Waals surface area contributed by atoms with Crippen LogP contribution in [0.5, 0.6) is 5.75 Å². The van der Waals surface area contributed by atoms with Crippen LogP contribution in [0.3, 0.4) is 0 Å². The SMILES string of the molecule is O=C(O)COc1ccc(Br)cc1C(=O)c1ccc(C(=O)c2ccncc2)cc1. The van der Waals surface area contributed by atoms with Gasteiger partial charge in [-0.1, -0.05) is 40.2 Å². The van der Waals surface area contributed by atoms with Gasteiger partial charge in [-0.2, -0.15) is 0 Å². The van der Waals surface area contributed by atoms with E-state index < -0.39 is 12.6 Å². The molecule has 7 heteroatoms. The number of hydrogen-bond acceptors (Lipinski definition) is 5. The van der Waals surface area contributed by atoms with Crippen LogP contribution in [-0.2, 0) is 4.79 Å². The molecule has 0 amide bonds. The third kappa shape index (κ3) is 4.50. The second-order valence-corrected chi connectivity index (χ2v) is 6.71. The first-order valence-electron chi connectivity index (χ1n) is 8.19. The van der Waals surface area contributed by atoms with Crippen LogP contribution in [0, 0.1) is 0 Å². The summed E-state index contributed by atoms with van der Waals surface area (Å²) >= 11 is 3.30. The van der Waals surface area contributed by atoms with Crippen LogP contribution in [0.25, 0.3) is 0 Å². The van der Waals surface area contributed by atoms with Gasteiger partial charge in [0.25, 0.3) is 0 Å². The average Bonchev–Trinajstić information content (AvgIpc) is 2.72. The standard InChI is InChI=1S/C21H14BrNO5/c22-16-5-6-18(28-12-19(24)25)17(11-16)21(27)14-3-1-13(2-4-14)20(26)15-7-9-23-10-8-15/h1-11H,12H2,(H,24,25). The van der Waals surface area contributed by atoms with E-state index in [0.29, 0.717) is 21.2 Å². The molecule has 28 heavy (non-hydrogen) atoms. The quantitative estimate of drug-likeness (QED) is 0.563. The Balaban J connectivity index is 1.86. The molecule has 140 valence electrons. The smallest absolute Gasteiger partial charge is 0.341 e. The molecule has 1 N–H and O–H groups in total. The van der Waals surface area contributed by atoms with E-state index in [1.165, 1.54) is 18.5 Å². The lowest BCUT2D eigenvalue weighted by molar-refractivity contribution is -0.139. The molecule has 3 rings (SSSR count). The number of nitrogens with zero attached hydrogens (tertiary/aromatic N) is 1. The predicted molar refractivity (Wildman–Crippen MR) is 105 cm³/mol. The first-order chi connectivity index (χ1) is 13.5. The molecule has 2 aromatic carbocycles. The lowest BCUT2D eigenvalue weighted by Gasteiger charge is -2.10. The average molecular weight is 440 g/mol. The third-order valence-corrected chi connectivity index (χ3v) is 4.38. The summed E-state index contributed by atoms with van der Waals surface area (Å²) in [6.07, 6.45) is 3.08. The van der Waals surface area contributed by atoms with Gasteiger partial charge in [0.05, 0.1) is 5.56 Å². The number of pyridine rings is 1. The Hall–Kier alpha value is -3.32. The summed E-state index contributed by atoms with van der Waals surface area (Å²) in [5.41, 5.74) is 1.53. The highest BCUT2D eigenvalue weighted by Gasteiger charge is 2.17. The molecule has 0 radical (unpaired) electrons. The summed E-state index contributed by atoms with van der Waals surface area (Å²) in [5.74, 6) is -1.48. The van der Waals surface area contributed by atoms with Crippen molar-refractivity contribution >= 4 is 33.5 Å². The Kier molecular flexibility index (Phi) is 5.96. The van der Waals surface area contributed by atoms with Crippen LogP contribution in [0.4, 0.5) is 0 Å². The number of aliphatic carboxylic acids is 1. The fourth-order valence-electron chi connectivity index (χ4n) is 2.54. The normalized spacial score (nSPS) is 10.3. The zero-order valence-electron chi connectivity index (χ0n) is 14.5. The van der Waals surface area contributed by atoms with Crippen molar-refractivity contribution in [3.63, 3.8) is 0 Å². The first kappa shape index (κ1) is 19.4. The van der Waals surface area contributed by atoms with Crippen LogP contribution in [0.15, 0.2) is 71.5 Å². The maximum absolute atomic E-state index is 12.9. The van der Waals surface area contributed by atoms with Crippen molar-refractivity contribution < 1.29 is 24.2 Å². The number of rotatable bonds is 7. The molecule has 0 spiro atoms. The van der Waals surface area contributed by atoms with Gasteiger partial charge < -0.3 is 9.84 Å². The number of ether oxygens (including phenoxy) is 1. The monoisotopic (exact) mass is 439 g/mol. The number of carboxylic acid groups (broad SMARTS) is 1. The van der Waals surface area contributed by atoms with Crippen molar-refractivity contribution in [2.75, 3.05) is 6.61 Å². The van der Waals surface area contributed by atoms with Crippen LogP contribution >= 0.6 is 15.9 Å². The topological polar surface area (TPSA) is 93.6 Å². The molecule has 0 aliphatic heterocycles. The molecule has 0 aliphatic carbocycles. The van der Waals surface area contributed by atoms with Gasteiger partial charge in [0, 0.05) is 33.6 Å². The van der Waals surface area contributed by atoms with E-state index in [0.717, 1.165) is 0 Å². The Labute approximate surface area is 168 Å². The Morgan fingerprint density at radius 2 is 1.43 bits per heavy atom. The second-order valence-electron chi connectivity index (χ2n) is 5.79. The number of benzene rings is 2. The highest BCUT2D eigenvalue weighted by atomic mass is 79.9. The minimum absolute atomic E-state index is 0.172. The summed E-state index contributed by atoms with van der Waals surface area (Å²) in [5, 5.41) is 8.80. The Bertz CT molecular complexity index is 1030. The van der Waals surface area contributed by atoms with Gasteiger partial charge in [0.15, 0.2) is 18.2 Å². The van der Waals surface area contributed by atoms with Gasteiger partial charge in [-0.15, -0.1) is 0 Å².